The summed E-state index contributed by atoms with van der Waals surface area (Å²) in [7, 11) is -3.26. The number of anilines is 1. The lowest BCUT2D eigenvalue weighted by molar-refractivity contribution is 0.0378. The third-order valence-electron chi connectivity index (χ3n) is 3.04. The number of benzene rings is 1. The van der Waals surface area contributed by atoms with Crippen molar-refractivity contribution in [3.63, 3.8) is 0 Å². The molecule has 2 N–H and O–H groups in total. The van der Waals surface area contributed by atoms with Crippen molar-refractivity contribution in [1.82, 2.24) is 5.32 Å². The molecule has 1 atom stereocenters. The van der Waals surface area contributed by atoms with Gasteiger partial charge in [0.05, 0.1) is 34.2 Å². The van der Waals surface area contributed by atoms with Crippen molar-refractivity contribution < 1.29 is 22.7 Å². The van der Waals surface area contributed by atoms with Crippen molar-refractivity contribution in [3.05, 3.63) is 40.3 Å². The third kappa shape index (κ3) is 4.97. The van der Waals surface area contributed by atoms with Gasteiger partial charge in [-0.15, -0.1) is 0 Å². The van der Waals surface area contributed by atoms with E-state index in [-0.39, 0.29) is 28.1 Å². The predicted molar refractivity (Wildman–Crippen MR) is 90.9 cm³/mol. The first kappa shape index (κ1) is 18.3. The van der Waals surface area contributed by atoms with Crippen LogP contribution in [0.3, 0.4) is 0 Å². The Hall–Kier alpha value is -2.06. The summed E-state index contributed by atoms with van der Waals surface area (Å²) in [4.78, 5) is 23.8. The van der Waals surface area contributed by atoms with E-state index < -0.39 is 27.9 Å². The molecule has 1 heterocycles. The maximum atomic E-state index is 12.0. The number of halogens is 1. The van der Waals surface area contributed by atoms with E-state index in [1.165, 1.54) is 24.3 Å². The Morgan fingerprint density at radius 3 is 2.62 bits per heavy atom. The van der Waals surface area contributed by atoms with E-state index in [1.807, 2.05) is 0 Å². The number of nitrogens with one attached hydrogen (secondary N) is 2. The van der Waals surface area contributed by atoms with Gasteiger partial charge in [0.25, 0.3) is 0 Å². The molecule has 0 bridgehead atoms. The fraction of sp³-hybridized carbons (Fsp3) is 0.333. The van der Waals surface area contributed by atoms with E-state index in [0.717, 1.165) is 5.41 Å². The predicted octanol–water partition coefficient (Wildman–Crippen LogP) is 2.34. The molecule has 1 unspecified atom stereocenters. The van der Waals surface area contributed by atoms with Crippen molar-refractivity contribution in [3.8, 4) is 0 Å². The third-order valence-corrected chi connectivity index (χ3v) is 4.76. The van der Waals surface area contributed by atoms with Gasteiger partial charge in [-0.05, 0) is 38.1 Å². The van der Waals surface area contributed by atoms with Gasteiger partial charge in [-0.1, -0.05) is 11.6 Å². The van der Waals surface area contributed by atoms with Crippen molar-refractivity contribution in [1.29, 1.82) is 0 Å². The fourth-order valence-electron chi connectivity index (χ4n) is 2.02. The van der Waals surface area contributed by atoms with Crippen LogP contribution in [0.1, 0.15) is 24.2 Å². The highest BCUT2D eigenvalue weighted by molar-refractivity contribution is 7.94. The van der Waals surface area contributed by atoms with Gasteiger partial charge < -0.3 is 15.4 Å². The number of esters is 1. The van der Waals surface area contributed by atoms with Gasteiger partial charge >= 0.3 is 12.0 Å². The minimum atomic E-state index is -3.26. The van der Waals surface area contributed by atoms with Crippen molar-refractivity contribution in [2.75, 3.05) is 11.1 Å². The fourth-order valence-corrected chi connectivity index (χ4v) is 3.42. The van der Waals surface area contributed by atoms with E-state index >= 15 is 0 Å². The first-order valence-electron chi connectivity index (χ1n) is 7.15. The van der Waals surface area contributed by atoms with Crippen LogP contribution in [0.5, 0.6) is 0 Å². The summed E-state index contributed by atoms with van der Waals surface area (Å²) in [6.07, 6.45) is 1.12. The standard InChI is InChI=1S/C15H17ClN2O5S/c1-9(2)23-14(19)10-3-4-12(16)13(7-10)18-15(20)17-11-5-6-24(21,22)8-11/h3-7,9,11H,8H2,1-2H3,(H2,17,18,20). The Bertz CT molecular complexity index is 789. The number of urea groups is 1. The van der Waals surface area contributed by atoms with Gasteiger partial charge in [0.2, 0.25) is 0 Å². The van der Waals surface area contributed by atoms with E-state index in [0.29, 0.717) is 0 Å². The molecule has 0 saturated heterocycles. The molecule has 2 amide bonds. The smallest absolute Gasteiger partial charge is 0.338 e. The molecule has 1 aromatic rings. The first-order chi connectivity index (χ1) is 11.2. The number of ether oxygens (including phenoxy) is 1. The molecule has 1 aromatic carbocycles. The summed E-state index contributed by atoms with van der Waals surface area (Å²) in [5.41, 5.74) is 0.462. The van der Waals surface area contributed by atoms with Gasteiger partial charge in [-0.2, -0.15) is 0 Å². The molecule has 0 radical (unpaired) electrons. The molecule has 1 aliphatic heterocycles. The second-order valence-corrected chi connectivity index (χ2v) is 7.85. The van der Waals surface area contributed by atoms with Crippen LogP contribution in [-0.4, -0.2) is 38.3 Å². The van der Waals surface area contributed by atoms with Crippen LogP contribution in [0.2, 0.25) is 5.02 Å². The van der Waals surface area contributed by atoms with Gasteiger partial charge in [0, 0.05) is 5.41 Å². The van der Waals surface area contributed by atoms with Crippen molar-refractivity contribution in [2.24, 2.45) is 0 Å². The average molecular weight is 373 g/mol. The number of sulfone groups is 1. The highest BCUT2D eigenvalue weighted by atomic mass is 35.5. The van der Waals surface area contributed by atoms with Crippen LogP contribution < -0.4 is 10.6 Å². The van der Waals surface area contributed by atoms with E-state index in [9.17, 15) is 18.0 Å². The molecule has 0 aliphatic carbocycles. The molecule has 1 aliphatic rings. The molecule has 130 valence electrons. The van der Waals surface area contributed by atoms with Crippen LogP contribution in [0.15, 0.2) is 29.7 Å². The molecule has 0 aromatic heterocycles. The second kappa shape index (κ2) is 7.23. The Balaban J connectivity index is 2.05. The Kier molecular flexibility index (Phi) is 5.51. The Labute approximate surface area is 144 Å². The SMILES string of the molecule is CC(C)OC(=O)c1ccc(Cl)c(NC(=O)NC2C=CS(=O)(=O)C2)c1. The number of hydrogen-bond donors (Lipinski definition) is 2. The number of carbonyl (C=O) groups is 2. The molecule has 9 heteroatoms. The Morgan fingerprint density at radius 1 is 1.33 bits per heavy atom. The van der Waals surface area contributed by atoms with Crippen LogP contribution in [0, 0.1) is 0 Å². The van der Waals surface area contributed by atoms with E-state index in [1.54, 1.807) is 13.8 Å². The summed E-state index contributed by atoms with van der Waals surface area (Å²) < 4.78 is 27.7. The number of rotatable bonds is 4. The average Bonchev–Trinajstić information content (AvgIpc) is 2.79. The molecular formula is C15H17ClN2O5S. The zero-order valence-corrected chi connectivity index (χ0v) is 14.6. The van der Waals surface area contributed by atoms with Crippen molar-refractivity contribution in [2.45, 2.75) is 26.0 Å². The van der Waals surface area contributed by atoms with Gasteiger partial charge in [-0.25, -0.2) is 18.0 Å². The van der Waals surface area contributed by atoms with E-state index in [2.05, 4.69) is 10.6 Å². The topological polar surface area (TPSA) is 102 Å². The van der Waals surface area contributed by atoms with Crippen LogP contribution in [0.4, 0.5) is 10.5 Å². The molecule has 24 heavy (non-hydrogen) atoms. The second-order valence-electron chi connectivity index (χ2n) is 5.51. The molecule has 0 spiro atoms. The molecular weight excluding hydrogens is 356 g/mol. The summed E-state index contributed by atoms with van der Waals surface area (Å²) in [6.45, 7) is 3.45. The minimum absolute atomic E-state index is 0.186. The number of hydrogen-bond acceptors (Lipinski definition) is 5. The zero-order valence-electron chi connectivity index (χ0n) is 13.1. The maximum Gasteiger partial charge on any atom is 0.338 e. The summed E-state index contributed by atoms with van der Waals surface area (Å²) >= 11 is 6.01. The highest BCUT2D eigenvalue weighted by Gasteiger charge is 2.23. The zero-order chi connectivity index (χ0) is 17.9. The lowest BCUT2D eigenvalue weighted by atomic mass is 10.2. The normalized spacial score (nSPS) is 18.4. The monoisotopic (exact) mass is 372 g/mol. The van der Waals surface area contributed by atoms with Gasteiger partial charge in [0.15, 0.2) is 9.84 Å². The minimum Gasteiger partial charge on any atom is -0.459 e. The summed E-state index contributed by atoms with van der Waals surface area (Å²) in [6, 6.07) is 3.12. The molecule has 7 nitrogen and oxygen atoms in total. The van der Waals surface area contributed by atoms with Crippen LogP contribution in [-0.2, 0) is 14.6 Å². The summed E-state index contributed by atoms with van der Waals surface area (Å²) in [5, 5.41) is 6.29. The number of amides is 2. The molecule has 0 saturated carbocycles. The number of carbonyl (C=O) groups excluding carboxylic acids is 2. The Morgan fingerprint density at radius 2 is 2.04 bits per heavy atom. The molecule has 0 fully saturated rings. The quantitative estimate of drug-likeness (QED) is 0.790. The van der Waals surface area contributed by atoms with Crippen molar-refractivity contribution >= 4 is 39.1 Å². The van der Waals surface area contributed by atoms with Gasteiger partial charge in [-0.3, -0.25) is 0 Å². The van der Waals surface area contributed by atoms with Crippen LogP contribution >= 0.6 is 11.6 Å². The van der Waals surface area contributed by atoms with Crippen LogP contribution in [0.25, 0.3) is 0 Å². The first-order valence-corrected chi connectivity index (χ1v) is 9.24. The lowest BCUT2D eigenvalue weighted by Crippen LogP contribution is -2.38. The highest BCUT2D eigenvalue weighted by Crippen LogP contribution is 2.23. The summed E-state index contributed by atoms with van der Waals surface area (Å²) in [5.74, 6) is -0.718. The van der Waals surface area contributed by atoms with E-state index in [4.69, 9.17) is 16.3 Å². The van der Waals surface area contributed by atoms with Gasteiger partial charge in [0.1, 0.15) is 0 Å². The maximum absolute atomic E-state index is 12.0. The lowest BCUT2D eigenvalue weighted by Gasteiger charge is -2.13. The molecule has 2 rings (SSSR count). The largest absolute Gasteiger partial charge is 0.459 e.